The Kier molecular flexibility index (Phi) is 8.35. The molecule has 3 aliphatic carbocycles. The van der Waals surface area contributed by atoms with Crippen molar-refractivity contribution in [2.45, 2.75) is 110 Å². The van der Waals surface area contributed by atoms with Crippen molar-refractivity contribution in [3.63, 3.8) is 0 Å². The van der Waals surface area contributed by atoms with Gasteiger partial charge in [0.1, 0.15) is 0 Å². The average Bonchev–Trinajstić information content (AvgIpc) is 2.72. The minimum atomic E-state index is 0.391. The Hall–Kier alpha value is -0.0400. The van der Waals surface area contributed by atoms with Gasteiger partial charge in [-0.1, -0.05) is 52.4 Å². The van der Waals surface area contributed by atoms with Crippen molar-refractivity contribution in [2.75, 3.05) is 6.61 Å². The van der Waals surface area contributed by atoms with Crippen molar-refractivity contribution >= 4 is 0 Å². The Morgan fingerprint density at radius 2 is 1.27 bits per heavy atom. The predicted octanol–water partition coefficient (Wildman–Crippen LogP) is 7.22. The lowest BCUT2D eigenvalue weighted by atomic mass is 9.60. The molecule has 0 spiro atoms. The van der Waals surface area contributed by atoms with Crippen molar-refractivity contribution in [2.24, 2.45) is 41.4 Å². The summed E-state index contributed by atoms with van der Waals surface area (Å²) in [6, 6.07) is 0. The maximum Gasteiger partial charge on any atom is 0.0431 e. The van der Waals surface area contributed by atoms with Crippen molar-refractivity contribution in [3.05, 3.63) is 0 Å². The van der Waals surface area contributed by atoms with Crippen LogP contribution in [0.15, 0.2) is 0 Å². The van der Waals surface area contributed by atoms with Gasteiger partial charge in [-0.05, 0) is 99.2 Å². The molecule has 1 heteroatoms. The van der Waals surface area contributed by atoms with E-state index in [0.29, 0.717) is 6.61 Å². The van der Waals surface area contributed by atoms with Crippen LogP contribution in [-0.4, -0.2) is 11.7 Å². The first-order valence-corrected chi connectivity index (χ1v) is 12.4. The maximum absolute atomic E-state index is 9.08. The van der Waals surface area contributed by atoms with Gasteiger partial charge < -0.3 is 5.11 Å². The standard InChI is InChI=1S/C25H46O/c1-3-19-7-11-22(12-8-19)24-15-16-25(21(4-2)18-24)23-13-9-20(10-14-23)6-5-17-26/h19-26H,3-18H2,1-2H3. The van der Waals surface area contributed by atoms with E-state index in [9.17, 15) is 0 Å². The zero-order valence-electron chi connectivity index (χ0n) is 17.8. The van der Waals surface area contributed by atoms with Gasteiger partial charge in [-0.15, -0.1) is 0 Å². The summed E-state index contributed by atoms with van der Waals surface area (Å²) >= 11 is 0. The normalized spacial score (nSPS) is 41.9. The van der Waals surface area contributed by atoms with Gasteiger partial charge in [0.25, 0.3) is 0 Å². The van der Waals surface area contributed by atoms with Gasteiger partial charge in [0.15, 0.2) is 0 Å². The van der Waals surface area contributed by atoms with Gasteiger partial charge in [-0.3, -0.25) is 0 Å². The topological polar surface area (TPSA) is 20.2 Å². The molecule has 0 heterocycles. The van der Waals surface area contributed by atoms with Gasteiger partial charge >= 0.3 is 0 Å². The van der Waals surface area contributed by atoms with Gasteiger partial charge in [0.05, 0.1) is 0 Å². The van der Waals surface area contributed by atoms with E-state index >= 15 is 0 Å². The summed E-state index contributed by atoms with van der Waals surface area (Å²) in [5.41, 5.74) is 0. The van der Waals surface area contributed by atoms with E-state index in [1.54, 1.807) is 32.1 Å². The zero-order valence-corrected chi connectivity index (χ0v) is 17.8. The van der Waals surface area contributed by atoms with Gasteiger partial charge in [-0.25, -0.2) is 0 Å². The molecule has 0 bridgehead atoms. The molecule has 0 amide bonds. The number of rotatable bonds is 7. The number of aliphatic hydroxyl groups excluding tert-OH is 1. The highest BCUT2D eigenvalue weighted by Gasteiger charge is 2.38. The molecule has 0 saturated heterocycles. The van der Waals surface area contributed by atoms with Crippen molar-refractivity contribution in [3.8, 4) is 0 Å². The van der Waals surface area contributed by atoms with E-state index < -0.39 is 0 Å². The summed E-state index contributed by atoms with van der Waals surface area (Å²) in [7, 11) is 0. The Morgan fingerprint density at radius 1 is 0.654 bits per heavy atom. The first kappa shape index (κ1) is 20.7. The summed E-state index contributed by atoms with van der Waals surface area (Å²) in [5, 5.41) is 9.08. The summed E-state index contributed by atoms with van der Waals surface area (Å²) < 4.78 is 0. The Bertz CT molecular complexity index is 376. The van der Waals surface area contributed by atoms with Crippen LogP contribution in [0.3, 0.4) is 0 Å². The third-order valence-corrected chi connectivity index (χ3v) is 9.01. The molecule has 1 N–H and O–H groups in total. The SMILES string of the molecule is CCC1CCC(C2CCC(C3CCC(CCCO)CC3)C(CC)C2)CC1. The third-order valence-electron chi connectivity index (χ3n) is 9.01. The number of aliphatic hydroxyl groups is 1. The molecule has 0 aromatic heterocycles. The molecule has 1 nitrogen and oxygen atoms in total. The Morgan fingerprint density at radius 3 is 1.88 bits per heavy atom. The predicted molar refractivity (Wildman–Crippen MR) is 112 cm³/mol. The molecule has 3 atom stereocenters. The summed E-state index contributed by atoms with van der Waals surface area (Å²) in [5.74, 6) is 7.20. The van der Waals surface area contributed by atoms with Crippen LogP contribution < -0.4 is 0 Å². The summed E-state index contributed by atoms with van der Waals surface area (Å²) in [4.78, 5) is 0. The molecular weight excluding hydrogens is 316 g/mol. The van der Waals surface area contributed by atoms with Crippen LogP contribution in [0, 0.1) is 41.4 Å². The van der Waals surface area contributed by atoms with E-state index in [0.717, 1.165) is 47.8 Å². The largest absolute Gasteiger partial charge is 0.396 e. The van der Waals surface area contributed by atoms with Crippen LogP contribution in [0.25, 0.3) is 0 Å². The second-order valence-electron chi connectivity index (χ2n) is 10.2. The van der Waals surface area contributed by atoms with E-state index in [1.807, 2.05) is 0 Å². The van der Waals surface area contributed by atoms with Crippen LogP contribution in [0.1, 0.15) is 110 Å². The van der Waals surface area contributed by atoms with Crippen LogP contribution in [0.4, 0.5) is 0 Å². The Balaban J connectivity index is 1.46. The fraction of sp³-hybridized carbons (Fsp3) is 1.00. The second-order valence-corrected chi connectivity index (χ2v) is 10.2. The highest BCUT2D eigenvalue weighted by molar-refractivity contribution is 4.89. The minimum Gasteiger partial charge on any atom is -0.396 e. The van der Waals surface area contributed by atoms with Crippen LogP contribution in [0.5, 0.6) is 0 Å². The molecule has 3 saturated carbocycles. The maximum atomic E-state index is 9.08. The van der Waals surface area contributed by atoms with Crippen molar-refractivity contribution in [1.82, 2.24) is 0 Å². The first-order valence-electron chi connectivity index (χ1n) is 12.4. The van der Waals surface area contributed by atoms with Crippen molar-refractivity contribution in [1.29, 1.82) is 0 Å². The van der Waals surface area contributed by atoms with Gasteiger partial charge in [0, 0.05) is 6.61 Å². The molecule has 3 unspecified atom stereocenters. The molecule has 0 aromatic rings. The quantitative estimate of drug-likeness (QED) is 0.506. The molecule has 26 heavy (non-hydrogen) atoms. The van der Waals surface area contributed by atoms with Gasteiger partial charge in [-0.2, -0.15) is 0 Å². The molecule has 3 rings (SSSR count). The number of hydrogen-bond acceptors (Lipinski definition) is 1. The molecule has 3 fully saturated rings. The fourth-order valence-corrected chi connectivity index (χ4v) is 7.19. The summed E-state index contributed by atoms with van der Waals surface area (Å²) in [6.07, 6.45) is 21.8. The zero-order chi connectivity index (χ0) is 18.4. The lowest BCUT2D eigenvalue weighted by Crippen LogP contribution is -2.35. The van der Waals surface area contributed by atoms with E-state index in [1.165, 1.54) is 57.8 Å². The van der Waals surface area contributed by atoms with E-state index in [-0.39, 0.29) is 0 Å². The van der Waals surface area contributed by atoms with Gasteiger partial charge in [0.2, 0.25) is 0 Å². The molecule has 152 valence electrons. The highest BCUT2D eigenvalue weighted by atomic mass is 16.2. The average molecular weight is 363 g/mol. The van der Waals surface area contributed by atoms with Crippen LogP contribution >= 0.6 is 0 Å². The fourth-order valence-electron chi connectivity index (χ4n) is 7.19. The van der Waals surface area contributed by atoms with E-state index in [4.69, 9.17) is 5.11 Å². The molecule has 0 radical (unpaired) electrons. The van der Waals surface area contributed by atoms with Crippen LogP contribution in [0.2, 0.25) is 0 Å². The molecule has 0 aliphatic heterocycles. The lowest BCUT2D eigenvalue weighted by Gasteiger charge is -2.45. The smallest absolute Gasteiger partial charge is 0.0431 e. The highest BCUT2D eigenvalue weighted by Crippen LogP contribution is 2.49. The second kappa shape index (κ2) is 10.5. The lowest BCUT2D eigenvalue weighted by molar-refractivity contribution is 0.0522. The van der Waals surface area contributed by atoms with Crippen LogP contribution in [-0.2, 0) is 0 Å². The number of hydrogen-bond donors (Lipinski definition) is 1. The first-order chi connectivity index (χ1) is 12.7. The Labute approximate surface area is 163 Å². The molecule has 3 aliphatic rings. The monoisotopic (exact) mass is 362 g/mol. The minimum absolute atomic E-state index is 0.391. The van der Waals surface area contributed by atoms with Crippen molar-refractivity contribution < 1.29 is 5.11 Å². The molecule has 0 aromatic carbocycles. The third kappa shape index (κ3) is 5.27. The summed E-state index contributed by atoms with van der Waals surface area (Å²) in [6.45, 7) is 5.25. The molecular formula is C25H46O. The van der Waals surface area contributed by atoms with E-state index in [2.05, 4.69) is 13.8 Å².